The van der Waals surface area contributed by atoms with Gasteiger partial charge in [-0.25, -0.2) is 14.8 Å². The summed E-state index contributed by atoms with van der Waals surface area (Å²) in [4.78, 5) is 15.0. The van der Waals surface area contributed by atoms with E-state index in [2.05, 4.69) is 126 Å². The molecule has 46 heavy (non-hydrogen) atoms. The minimum absolute atomic E-state index is 0.672. The Balaban J connectivity index is 1.16. The molecule has 3 aromatic heterocycles. The molecule has 0 radical (unpaired) electrons. The van der Waals surface area contributed by atoms with Crippen molar-refractivity contribution in [3.05, 3.63) is 151 Å². The van der Waals surface area contributed by atoms with Crippen LogP contribution in [0, 0.1) is 6.57 Å². The average molecular weight is 622 g/mol. The van der Waals surface area contributed by atoms with Gasteiger partial charge >= 0.3 is 0 Å². The second-order valence-electron chi connectivity index (χ2n) is 11.3. The molecular formula is C41H23N3S2. The Bertz CT molecular complexity index is 2660. The Labute approximate surface area is 273 Å². The Hall–Kier alpha value is -5.67. The predicted octanol–water partition coefficient (Wildman–Crippen LogP) is 12.4. The van der Waals surface area contributed by atoms with E-state index in [9.17, 15) is 0 Å². The Kier molecular flexibility index (Phi) is 6.24. The van der Waals surface area contributed by atoms with Gasteiger partial charge in [0.2, 0.25) is 0 Å². The Morgan fingerprint density at radius 3 is 2.02 bits per heavy atom. The molecule has 0 aliphatic carbocycles. The number of hydrogen-bond acceptors (Lipinski definition) is 4. The van der Waals surface area contributed by atoms with E-state index in [0.29, 0.717) is 5.69 Å². The molecule has 3 heterocycles. The first-order valence-corrected chi connectivity index (χ1v) is 16.7. The zero-order valence-electron chi connectivity index (χ0n) is 24.4. The number of nitrogens with zero attached hydrogens (tertiary/aromatic N) is 3. The van der Waals surface area contributed by atoms with Gasteiger partial charge in [-0.3, -0.25) is 0 Å². The molecule has 0 fully saturated rings. The van der Waals surface area contributed by atoms with Gasteiger partial charge in [0, 0.05) is 36.0 Å². The third-order valence-corrected chi connectivity index (χ3v) is 10.8. The topological polar surface area (TPSA) is 30.1 Å². The maximum Gasteiger partial charge on any atom is 0.187 e. The summed E-state index contributed by atoms with van der Waals surface area (Å²) < 4.78 is 3.65. The second kappa shape index (κ2) is 10.7. The fourth-order valence-corrected chi connectivity index (χ4v) is 8.64. The lowest BCUT2D eigenvalue weighted by atomic mass is 9.97. The highest BCUT2D eigenvalue weighted by Gasteiger charge is 2.17. The van der Waals surface area contributed by atoms with E-state index < -0.39 is 0 Å². The van der Waals surface area contributed by atoms with Gasteiger partial charge < -0.3 is 0 Å². The van der Waals surface area contributed by atoms with Crippen molar-refractivity contribution >= 4 is 68.8 Å². The van der Waals surface area contributed by atoms with Crippen LogP contribution in [0.5, 0.6) is 0 Å². The molecule has 9 rings (SSSR count). The van der Waals surface area contributed by atoms with Crippen LogP contribution in [0.15, 0.2) is 140 Å². The van der Waals surface area contributed by atoms with Crippen LogP contribution in [-0.4, -0.2) is 9.97 Å². The van der Waals surface area contributed by atoms with E-state index in [4.69, 9.17) is 16.5 Å². The molecule has 5 heteroatoms. The number of fused-ring (bicyclic) bond motifs is 6. The van der Waals surface area contributed by atoms with Crippen molar-refractivity contribution in [1.82, 2.24) is 9.97 Å². The van der Waals surface area contributed by atoms with E-state index in [0.717, 1.165) is 49.4 Å². The van der Waals surface area contributed by atoms with E-state index in [1.165, 1.54) is 36.0 Å². The summed E-state index contributed by atoms with van der Waals surface area (Å²) in [6.45, 7) is 7.46. The Morgan fingerprint density at radius 1 is 0.500 bits per heavy atom. The average Bonchev–Trinajstić information content (AvgIpc) is 3.69. The zero-order valence-corrected chi connectivity index (χ0v) is 26.1. The molecule has 214 valence electrons. The molecule has 6 aromatic carbocycles. The van der Waals surface area contributed by atoms with Crippen LogP contribution in [0.3, 0.4) is 0 Å². The molecular weight excluding hydrogens is 599 g/mol. The molecule has 0 N–H and O–H groups in total. The standard InChI is InChI=1S/C41H23N3S2/c1-42-30-20-21-36-34(24-30)32-18-9-17-31(39(32)45-36)28-14-7-12-26(22-28)27-13-8-15-29(23-27)40-43-38(25-10-3-2-4-11-25)37-33-16-5-6-19-35(33)46-41(37)44-40/h2-24H. The molecule has 3 nitrogen and oxygen atoms in total. The lowest BCUT2D eigenvalue weighted by Gasteiger charge is -2.10. The van der Waals surface area contributed by atoms with Crippen LogP contribution in [0.1, 0.15) is 0 Å². The van der Waals surface area contributed by atoms with Gasteiger partial charge in [0.1, 0.15) is 4.83 Å². The number of benzene rings is 6. The quantitative estimate of drug-likeness (QED) is 0.183. The normalized spacial score (nSPS) is 11.5. The first kappa shape index (κ1) is 26.7. The predicted molar refractivity (Wildman–Crippen MR) is 196 cm³/mol. The first-order valence-electron chi connectivity index (χ1n) is 15.0. The van der Waals surface area contributed by atoms with Crippen molar-refractivity contribution in [2.24, 2.45) is 0 Å². The minimum atomic E-state index is 0.672. The van der Waals surface area contributed by atoms with Crippen LogP contribution in [0.4, 0.5) is 5.69 Å². The maximum absolute atomic E-state index is 7.46. The summed E-state index contributed by atoms with van der Waals surface area (Å²) in [6.07, 6.45) is 0. The maximum atomic E-state index is 7.46. The summed E-state index contributed by atoms with van der Waals surface area (Å²) >= 11 is 3.51. The molecule has 0 spiro atoms. The fraction of sp³-hybridized carbons (Fsp3) is 0. The van der Waals surface area contributed by atoms with E-state index >= 15 is 0 Å². The van der Waals surface area contributed by atoms with Crippen LogP contribution in [0.2, 0.25) is 0 Å². The van der Waals surface area contributed by atoms with Crippen LogP contribution in [-0.2, 0) is 0 Å². The van der Waals surface area contributed by atoms with Gasteiger partial charge in [0.05, 0.1) is 12.3 Å². The number of aromatic nitrogens is 2. The zero-order chi connectivity index (χ0) is 30.6. The van der Waals surface area contributed by atoms with E-state index in [1.54, 1.807) is 22.7 Å². The molecule has 0 saturated carbocycles. The van der Waals surface area contributed by atoms with Gasteiger partial charge in [0.15, 0.2) is 11.5 Å². The summed E-state index contributed by atoms with van der Waals surface area (Å²) in [5.74, 6) is 0.727. The largest absolute Gasteiger partial charge is 0.238 e. The summed E-state index contributed by atoms with van der Waals surface area (Å²) in [5.41, 5.74) is 8.33. The van der Waals surface area contributed by atoms with Gasteiger partial charge in [-0.05, 0) is 57.3 Å². The lowest BCUT2D eigenvalue weighted by molar-refractivity contribution is 1.24. The summed E-state index contributed by atoms with van der Waals surface area (Å²) in [6, 6.07) is 48.7. The van der Waals surface area contributed by atoms with Crippen molar-refractivity contribution < 1.29 is 0 Å². The van der Waals surface area contributed by atoms with Crippen LogP contribution < -0.4 is 0 Å². The smallest absolute Gasteiger partial charge is 0.187 e. The van der Waals surface area contributed by atoms with Gasteiger partial charge in [-0.1, -0.05) is 115 Å². The minimum Gasteiger partial charge on any atom is -0.238 e. The van der Waals surface area contributed by atoms with Gasteiger partial charge in [0.25, 0.3) is 0 Å². The highest BCUT2D eigenvalue weighted by atomic mass is 32.1. The van der Waals surface area contributed by atoms with E-state index in [-0.39, 0.29) is 0 Å². The van der Waals surface area contributed by atoms with Crippen molar-refractivity contribution in [2.75, 3.05) is 0 Å². The van der Waals surface area contributed by atoms with Crippen molar-refractivity contribution in [3.8, 4) is 44.9 Å². The summed E-state index contributed by atoms with van der Waals surface area (Å²) in [5, 5.41) is 4.64. The fourth-order valence-electron chi connectivity index (χ4n) is 6.34. The van der Waals surface area contributed by atoms with Crippen molar-refractivity contribution in [3.63, 3.8) is 0 Å². The first-order chi connectivity index (χ1) is 22.7. The molecule has 9 aromatic rings. The molecule has 0 amide bonds. The highest BCUT2D eigenvalue weighted by Crippen LogP contribution is 2.43. The summed E-state index contributed by atoms with van der Waals surface area (Å²) in [7, 11) is 0. The van der Waals surface area contributed by atoms with Crippen molar-refractivity contribution in [1.29, 1.82) is 0 Å². The molecule has 0 aliphatic rings. The molecule has 0 bridgehead atoms. The molecule has 0 saturated heterocycles. The number of rotatable bonds is 4. The van der Waals surface area contributed by atoms with Crippen molar-refractivity contribution in [2.45, 2.75) is 0 Å². The SMILES string of the molecule is [C-]#[N+]c1ccc2sc3c(-c4cccc(-c5cccc(-c6nc(-c7ccccc7)c7c(n6)sc6ccccc67)c5)c4)cccc3c2c1. The monoisotopic (exact) mass is 621 g/mol. The number of thiophene rings is 2. The second-order valence-corrected chi connectivity index (χ2v) is 13.4. The lowest BCUT2D eigenvalue weighted by Crippen LogP contribution is -1.94. The van der Waals surface area contributed by atoms with E-state index in [1.807, 2.05) is 18.2 Å². The molecule has 0 atom stereocenters. The van der Waals surface area contributed by atoms with Crippen LogP contribution in [0.25, 0.3) is 90.2 Å². The molecule has 0 aliphatic heterocycles. The Morgan fingerprint density at radius 2 is 1.17 bits per heavy atom. The highest BCUT2D eigenvalue weighted by molar-refractivity contribution is 7.26. The third kappa shape index (κ3) is 4.39. The third-order valence-electron chi connectivity index (χ3n) is 8.52. The van der Waals surface area contributed by atoms with Gasteiger partial charge in [-0.15, -0.1) is 22.7 Å². The molecule has 0 unspecified atom stereocenters. The van der Waals surface area contributed by atoms with Crippen LogP contribution >= 0.6 is 22.7 Å². The van der Waals surface area contributed by atoms with Gasteiger partial charge in [-0.2, -0.15) is 0 Å². The number of hydrogen-bond donors (Lipinski definition) is 0.